The number of hydrazine groups is 1. The van der Waals surface area contributed by atoms with Gasteiger partial charge in [0.1, 0.15) is 0 Å². The molecule has 82 valence electrons. The first-order valence-electron chi connectivity index (χ1n) is 4.97. The van der Waals surface area contributed by atoms with Gasteiger partial charge in [-0.1, -0.05) is 0 Å². The molecule has 4 nitrogen and oxygen atoms in total. The molecule has 16 heavy (non-hydrogen) atoms. The Labute approximate surface area is 93.7 Å². The zero-order valence-electron chi connectivity index (χ0n) is 8.97. The van der Waals surface area contributed by atoms with Crippen molar-refractivity contribution in [2.24, 2.45) is 5.84 Å². The zero-order chi connectivity index (χ0) is 11.5. The average Bonchev–Trinajstić information content (AvgIpc) is 2.81. The molecular weight excluding hydrogens is 202 g/mol. The maximum Gasteiger partial charge on any atom is 0.265 e. The molecule has 1 heterocycles. The van der Waals surface area contributed by atoms with Crippen LogP contribution in [0.1, 0.15) is 15.9 Å². The summed E-state index contributed by atoms with van der Waals surface area (Å²) in [5, 5.41) is 0. The third-order valence-corrected chi connectivity index (χ3v) is 2.47. The van der Waals surface area contributed by atoms with Gasteiger partial charge in [-0.3, -0.25) is 10.2 Å². The first-order valence-corrected chi connectivity index (χ1v) is 4.97. The Hall–Kier alpha value is -2.07. The summed E-state index contributed by atoms with van der Waals surface area (Å²) in [5.41, 5.74) is 4.76. The molecule has 0 saturated carbocycles. The first kappa shape index (κ1) is 10.4. The molecule has 2 aromatic rings. The highest BCUT2D eigenvalue weighted by atomic mass is 16.2. The predicted octanol–water partition coefficient (Wildman–Crippen LogP) is 1.39. The van der Waals surface area contributed by atoms with Crippen molar-refractivity contribution < 1.29 is 4.79 Å². The van der Waals surface area contributed by atoms with Crippen molar-refractivity contribution in [1.82, 2.24) is 9.99 Å². The van der Waals surface area contributed by atoms with E-state index in [2.05, 4.69) is 5.43 Å². The van der Waals surface area contributed by atoms with E-state index in [-0.39, 0.29) is 5.91 Å². The Morgan fingerprint density at radius 3 is 2.56 bits per heavy atom. The van der Waals surface area contributed by atoms with E-state index in [0.717, 1.165) is 11.3 Å². The molecule has 0 radical (unpaired) electrons. The van der Waals surface area contributed by atoms with Gasteiger partial charge in [0.25, 0.3) is 5.91 Å². The molecule has 0 spiro atoms. The molecule has 1 amide bonds. The average molecular weight is 215 g/mol. The van der Waals surface area contributed by atoms with Gasteiger partial charge in [0.2, 0.25) is 0 Å². The molecule has 3 N–H and O–H groups in total. The van der Waals surface area contributed by atoms with Gasteiger partial charge >= 0.3 is 0 Å². The fraction of sp³-hybridized carbons (Fsp3) is 0.0833. The number of hydrogen-bond donors (Lipinski definition) is 2. The second-order valence-corrected chi connectivity index (χ2v) is 3.57. The van der Waals surface area contributed by atoms with Crippen molar-refractivity contribution >= 4 is 5.91 Å². The number of aromatic nitrogens is 1. The van der Waals surface area contributed by atoms with Crippen LogP contribution in [0.3, 0.4) is 0 Å². The number of carbonyl (C=O) groups is 1. The van der Waals surface area contributed by atoms with Crippen LogP contribution in [-0.4, -0.2) is 10.5 Å². The summed E-state index contributed by atoms with van der Waals surface area (Å²) in [6, 6.07) is 9.39. The summed E-state index contributed by atoms with van der Waals surface area (Å²) in [4.78, 5) is 11.3. The highest BCUT2D eigenvalue weighted by Gasteiger charge is 2.06. The predicted molar refractivity (Wildman–Crippen MR) is 62.2 cm³/mol. The van der Waals surface area contributed by atoms with Crippen LogP contribution < -0.4 is 11.3 Å². The van der Waals surface area contributed by atoms with E-state index in [1.54, 1.807) is 6.07 Å². The van der Waals surface area contributed by atoms with Crippen LogP contribution in [0.15, 0.2) is 42.7 Å². The SMILES string of the molecule is Cc1cc(C(=O)NN)ccc1-n1cccc1. The number of aryl methyl sites for hydroxylation is 1. The van der Waals surface area contributed by atoms with E-state index in [4.69, 9.17) is 5.84 Å². The van der Waals surface area contributed by atoms with E-state index in [9.17, 15) is 4.79 Å². The van der Waals surface area contributed by atoms with Crippen molar-refractivity contribution in [1.29, 1.82) is 0 Å². The standard InChI is InChI=1S/C12H13N3O/c1-9-8-10(12(16)14-13)4-5-11(9)15-6-2-3-7-15/h2-8H,13H2,1H3,(H,14,16). The summed E-state index contributed by atoms with van der Waals surface area (Å²) in [6.07, 6.45) is 3.93. The van der Waals surface area contributed by atoms with Gasteiger partial charge in [0.15, 0.2) is 0 Å². The number of nitrogens with one attached hydrogen (secondary N) is 1. The third-order valence-electron chi connectivity index (χ3n) is 2.47. The van der Waals surface area contributed by atoms with Crippen LogP contribution in [-0.2, 0) is 0 Å². The van der Waals surface area contributed by atoms with Gasteiger partial charge in [0.05, 0.1) is 0 Å². The number of nitrogens with zero attached hydrogens (tertiary/aromatic N) is 1. The molecule has 0 atom stereocenters. The molecule has 0 aliphatic carbocycles. The molecular formula is C12H13N3O. The van der Waals surface area contributed by atoms with Crippen molar-refractivity contribution in [2.75, 3.05) is 0 Å². The second-order valence-electron chi connectivity index (χ2n) is 3.57. The van der Waals surface area contributed by atoms with Crippen molar-refractivity contribution in [3.05, 3.63) is 53.9 Å². The normalized spacial score (nSPS) is 10.1. The van der Waals surface area contributed by atoms with Crippen LogP contribution in [0.4, 0.5) is 0 Å². The smallest absolute Gasteiger partial charge is 0.265 e. The van der Waals surface area contributed by atoms with Gasteiger partial charge in [-0.05, 0) is 42.8 Å². The Morgan fingerprint density at radius 1 is 1.31 bits per heavy atom. The Kier molecular flexibility index (Phi) is 2.74. The number of rotatable bonds is 2. The van der Waals surface area contributed by atoms with Crippen LogP contribution >= 0.6 is 0 Å². The molecule has 1 aromatic carbocycles. The molecule has 0 saturated heterocycles. The van der Waals surface area contributed by atoms with Crippen molar-refractivity contribution in [2.45, 2.75) is 6.92 Å². The van der Waals surface area contributed by atoms with Crippen LogP contribution in [0, 0.1) is 6.92 Å². The molecule has 0 aliphatic heterocycles. The number of amides is 1. The summed E-state index contributed by atoms with van der Waals surface area (Å²) in [5.74, 6) is 4.81. The number of hydrogen-bond acceptors (Lipinski definition) is 2. The molecule has 4 heteroatoms. The molecule has 0 bridgehead atoms. The Bertz CT molecular complexity index is 503. The van der Waals surface area contributed by atoms with E-state index < -0.39 is 0 Å². The van der Waals surface area contributed by atoms with Gasteiger partial charge in [-0.2, -0.15) is 0 Å². The Morgan fingerprint density at radius 2 is 2.00 bits per heavy atom. The fourth-order valence-corrected chi connectivity index (χ4v) is 1.66. The van der Waals surface area contributed by atoms with Gasteiger partial charge in [-0.25, -0.2) is 5.84 Å². The number of benzene rings is 1. The minimum absolute atomic E-state index is 0.276. The lowest BCUT2D eigenvalue weighted by Gasteiger charge is -2.08. The van der Waals surface area contributed by atoms with Gasteiger partial charge in [-0.15, -0.1) is 0 Å². The maximum atomic E-state index is 11.3. The van der Waals surface area contributed by atoms with Gasteiger partial charge in [0, 0.05) is 23.6 Å². The highest BCUT2D eigenvalue weighted by molar-refractivity contribution is 5.94. The van der Waals surface area contributed by atoms with Gasteiger partial charge < -0.3 is 4.57 Å². The fourth-order valence-electron chi connectivity index (χ4n) is 1.66. The summed E-state index contributed by atoms with van der Waals surface area (Å²) < 4.78 is 2.00. The first-order chi connectivity index (χ1) is 7.72. The second kappa shape index (κ2) is 4.20. The van der Waals surface area contributed by atoms with Crippen molar-refractivity contribution in [3.63, 3.8) is 0 Å². The minimum Gasteiger partial charge on any atom is -0.324 e. The van der Waals surface area contributed by atoms with Crippen LogP contribution in [0.5, 0.6) is 0 Å². The summed E-state index contributed by atoms with van der Waals surface area (Å²) in [7, 11) is 0. The third kappa shape index (κ3) is 1.83. The maximum absolute atomic E-state index is 11.3. The number of nitrogen functional groups attached to an aromatic ring is 1. The number of carbonyl (C=O) groups excluding carboxylic acids is 1. The molecule has 0 aliphatic rings. The summed E-state index contributed by atoms with van der Waals surface area (Å²) in [6.45, 7) is 1.96. The highest BCUT2D eigenvalue weighted by Crippen LogP contribution is 2.15. The van der Waals surface area contributed by atoms with Crippen LogP contribution in [0.2, 0.25) is 0 Å². The van der Waals surface area contributed by atoms with Crippen LogP contribution in [0.25, 0.3) is 5.69 Å². The minimum atomic E-state index is -0.276. The Balaban J connectivity index is 2.41. The van der Waals surface area contributed by atoms with E-state index in [1.165, 1.54) is 0 Å². The van der Waals surface area contributed by atoms with Crippen molar-refractivity contribution in [3.8, 4) is 5.69 Å². The zero-order valence-corrected chi connectivity index (χ0v) is 8.97. The molecule has 0 unspecified atom stereocenters. The molecule has 2 rings (SSSR count). The van der Waals surface area contributed by atoms with E-state index in [1.807, 2.05) is 48.1 Å². The molecule has 1 aromatic heterocycles. The lowest BCUT2D eigenvalue weighted by molar-refractivity contribution is 0.0953. The number of nitrogens with two attached hydrogens (primary N) is 1. The van der Waals surface area contributed by atoms with E-state index >= 15 is 0 Å². The lowest BCUT2D eigenvalue weighted by atomic mass is 10.1. The van der Waals surface area contributed by atoms with E-state index in [0.29, 0.717) is 5.56 Å². The molecule has 0 fully saturated rings. The lowest BCUT2D eigenvalue weighted by Crippen LogP contribution is -2.30. The summed E-state index contributed by atoms with van der Waals surface area (Å²) >= 11 is 0. The quantitative estimate of drug-likeness (QED) is 0.452. The topological polar surface area (TPSA) is 60.1 Å². The monoisotopic (exact) mass is 215 g/mol. The largest absolute Gasteiger partial charge is 0.324 e.